The third kappa shape index (κ3) is 2.82. The molecule has 1 heterocycles. The highest BCUT2D eigenvalue weighted by Crippen LogP contribution is 2.30. The normalized spacial score (nSPS) is 12.5. The second-order valence-corrected chi connectivity index (χ2v) is 5.37. The first-order valence-electron chi connectivity index (χ1n) is 6.19. The van der Waals surface area contributed by atoms with Crippen molar-refractivity contribution >= 4 is 15.9 Å². The first kappa shape index (κ1) is 14.1. The van der Waals surface area contributed by atoms with E-state index in [0.29, 0.717) is 0 Å². The molecule has 0 aliphatic carbocycles. The average molecular weight is 324 g/mol. The second-order valence-electron chi connectivity index (χ2n) is 4.45. The van der Waals surface area contributed by atoms with E-state index in [1.807, 2.05) is 17.7 Å². The maximum atomic E-state index is 6.39. The smallest absolute Gasteiger partial charge is 0.161 e. The summed E-state index contributed by atoms with van der Waals surface area (Å²) >= 11 is 3.51. The summed E-state index contributed by atoms with van der Waals surface area (Å²) in [4.78, 5) is 0. The first-order valence-corrected chi connectivity index (χ1v) is 6.98. The van der Waals surface area contributed by atoms with Crippen molar-refractivity contribution in [2.24, 2.45) is 5.73 Å². The molecule has 19 heavy (non-hydrogen) atoms. The molecule has 1 unspecified atom stereocenters. The standard InChI is InChI=1S/C14H18BrN3O/c1-4-18-14(12(19-3)8-17-18)13(16)10-5-9(2)6-11(15)7-10/h5-8,13H,4,16H2,1-3H3. The van der Waals surface area contributed by atoms with Gasteiger partial charge in [0.1, 0.15) is 5.69 Å². The van der Waals surface area contributed by atoms with E-state index in [1.165, 1.54) is 5.56 Å². The molecule has 5 heteroatoms. The van der Waals surface area contributed by atoms with Gasteiger partial charge in [-0.25, -0.2) is 0 Å². The molecular weight excluding hydrogens is 306 g/mol. The SMILES string of the molecule is CCn1ncc(OC)c1C(N)c1cc(C)cc(Br)c1. The van der Waals surface area contributed by atoms with Crippen LogP contribution in [0.1, 0.15) is 29.8 Å². The van der Waals surface area contributed by atoms with Gasteiger partial charge in [-0.1, -0.05) is 22.0 Å². The van der Waals surface area contributed by atoms with E-state index in [2.05, 4.69) is 40.1 Å². The number of hydrogen-bond donors (Lipinski definition) is 1. The molecule has 0 saturated carbocycles. The fourth-order valence-corrected chi connectivity index (χ4v) is 2.83. The molecule has 4 nitrogen and oxygen atoms in total. The lowest BCUT2D eigenvalue weighted by atomic mass is 10.0. The highest BCUT2D eigenvalue weighted by Gasteiger charge is 2.20. The summed E-state index contributed by atoms with van der Waals surface area (Å²) in [7, 11) is 1.64. The van der Waals surface area contributed by atoms with E-state index in [1.54, 1.807) is 13.3 Å². The number of aromatic nitrogens is 2. The van der Waals surface area contributed by atoms with Crippen molar-refractivity contribution in [3.8, 4) is 5.75 Å². The van der Waals surface area contributed by atoms with Crippen molar-refractivity contribution in [2.75, 3.05) is 7.11 Å². The number of rotatable bonds is 4. The molecular formula is C14H18BrN3O. The molecule has 0 radical (unpaired) electrons. The topological polar surface area (TPSA) is 53.1 Å². The lowest BCUT2D eigenvalue weighted by molar-refractivity contribution is 0.404. The number of halogens is 1. The molecule has 0 amide bonds. The number of benzene rings is 1. The van der Waals surface area contributed by atoms with Gasteiger partial charge in [-0.3, -0.25) is 4.68 Å². The largest absolute Gasteiger partial charge is 0.493 e. The van der Waals surface area contributed by atoms with E-state index in [-0.39, 0.29) is 6.04 Å². The van der Waals surface area contributed by atoms with Gasteiger partial charge >= 0.3 is 0 Å². The van der Waals surface area contributed by atoms with Crippen LogP contribution in [0.3, 0.4) is 0 Å². The molecule has 2 aromatic rings. The van der Waals surface area contributed by atoms with E-state index in [9.17, 15) is 0 Å². The van der Waals surface area contributed by atoms with Gasteiger partial charge in [-0.05, 0) is 37.1 Å². The van der Waals surface area contributed by atoms with Crippen molar-refractivity contribution in [1.29, 1.82) is 0 Å². The molecule has 0 saturated heterocycles. The van der Waals surface area contributed by atoms with Crippen LogP contribution in [0.25, 0.3) is 0 Å². The number of hydrogen-bond acceptors (Lipinski definition) is 3. The summed E-state index contributed by atoms with van der Waals surface area (Å²) in [5.41, 5.74) is 9.50. The fraction of sp³-hybridized carbons (Fsp3) is 0.357. The lowest BCUT2D eigenvalue weighted by Gasteiger charge is -2.16. The number of nitrogens with zero attached hydrogens (tertiary/aromatic N) is 2. The zero-order valence-corrected chi connectivity index (χ0v) is 12.9. The molecule has 0 fully saturated rings. The Morgan fingerprint density at radius 1 is 1.42 bits per heavy atom. The minimum Gasteiger partial charge on any atom is -0.493 e. The van der Waals surface area contributed by atoms with Crippen LogP contribution in [0.5, 0.6) is 5.75 Å². The zero-order chi connectivity index (χ0) is 14.0. The molecule has 0 aliphatic heterocycles. The molecule has 0 spiro atoms. The lowest BCUT2D eigenvalue weighted by Crippen LogP contribution is -2.18. The Morgan fingerprint density at radius 2 is 2.16 bits per heavy atom. The van der Waals surface area contributed by atoms with Gasteiger partial charge in [-0.2, -0.15) is 5.10 Å². The molecule has 102 valence electrons. The molecule has 1 atom stereocenters. The van der Waals surface area contributed by atoms with E-state index < -0.39 is 0 Å². The third-order valence-electron chi connectivity index (χ3n) is 3.08. The summed E-state index contributed by atoms with van der Waals surface area (Å²) in [6.07, 6.45) is 1.71. The molecule has 1 aromatic carbocycles. The van der Waals surface area contributed by atoms with Crippen LogP contribution in [0, 0.1) is 6.92 Å². The predicted molar refractivity (Wildman–Crippen MR) is 79.4 cm³/mol. The van der Waals surface area contributed by atoms with Crippen LogP contribution < -0.4 is 10.5 Å². The Bertz CT molecular complexity index is 538. The first-order chi connectivity index (χ1) is 9.06. The third-order valence-corrected chi connectivity index (χ3v) is 3.54. The minimum absolute atomic E-state index is 0.256. The van der Waals surface area contributed by atoms with E-state index in [4.69, 9.17) is 10.5 Å². The van der Waals surface area contributed by atoms with Crippen molar-refractivity contribution in [2.45, 2.75) is 26.4 Å². The highest BCUT2D eigenvalue weighted by atomic mass is 79.9. The number of methoxy groups -OCH3 is 1. The van der Waals surface area contributed by atoms with E-state index in [0.717, 1.165) is 28.0 Å². The number of nitrogens with two attached hydrogens (primary N) is 1. The van der Waals surface area contributed by atoms with Gasteiger partial charge in [0.05, 0.1) is 19.3 Å². The Morgan fingerprint density at radius 3 is 2.74 bits per heavy atom. The fourth-order valence-electron chi connectivity index (χ4n) is 2.20. The summed E-state index contributed by atoms with van der Waals surface area (Å²) in [6, 6.07) is 5.92. The number of aryl methyl sites for hydroxylation is 2. The van der Waals surface area contributed by atoms with Gasteiger partial charge < -0.3 is 10.5 Å². The van der Waals surface area contributed by atoms with Crippen LogP contribution >= 0.6 is 15.9 Å². The van der Waals surface area contributed by atoms with Crippen LogP contribution in [0.2, 0.25) is 0 Å². The highest BCUT2D eigenvalue weighted by molar-refractivity contribution is 9.10. The average Bonchev–Trinajstić information content (AvgIpc) is 2.79. The molecule has 0 bridgehead atoms. The van der Waals surface area contributed by atoms with E-state index >= 15 is 0 Å². The maximum absolute atomic E-state index is 6.39. The summed E-state index contributed by atoms with van der Waals surface area (Å²) in [5, 5.41) is 4.30. The maximum Gasteiger partial charge on any atom is 0.161 e. The Labute approximate surface area is 121 Å². The van der Waals surface area contributed by atoms with Crippen LogP contribution in [0.15, 0.2) is 28.9 Å². The Balaban J connectivity index is 2.48. The van der Waals surface area contributed by atoms with Gasteiger partial charge in [-0.15, -0.1) is 0 Å². The van der Waals surface area contributed by atoms with Crippen molar-refractivity contribution in [1.82, 2.24) is 9.78 Å². The quantitative estimate of drug-likeness (QED) is 0.940. The zero-order valence-electron chi connectivity index (χ0n) is 11.4. The van der Waals surface area contributed by atoms with Crippen molar-refractivity contribution in [3.05, 3.63) is 45.7 Å². The van der Waals surface area contributed by atoms with Gasteiger partial charge in [0.15, 0.2) is 5.75 Å². The molecule has 1 aromatic heterocycles. The van der Waals surface area contributed by atoms with Crippen LogP contribution in [0.4, 0.5) is 0 Å². The van der Waals surface area contributed by atoms with Gasteiger partial charge in [0.2, 0.25) is 0 Å². The molecule has 2 rings (SSSR count). The van der Waals surface area contributed by atoms with Gasteiger partial charge in [0, 0.05) is 11.0 Å². The summed E-state index contributed by atoms with van der Waals surface area (Å²) in [6.45, 7) is 4.85. The predicted octanol–water partition coefficient (Wildman–Crippen LogP) is 3.03. The number of ether oxygens (including phenoxy) is 1. The Hall–Kier alpha value is -1.33. The van der Waals surface area contributed by atoms with Crippen molar-refractivity contribution < 1.29 is 4.74 Å². The van der Waals surface area contributed by atoms with Crippen LogP contribution in [-0.4, -0.2) is 16.9 Å². The second kappa shape index (κ2) is 5.75. The minimum atomic E-state index is -0.256. The monoisotopic (exact) mass is 323 g/mol. The molecule has 0 aliphatic rings. The Kier molecular flexibility index (Phi) is 4.27. The molecule has 2 N–H and O–H groups in total. The van der Waals surface area contributed by atoms with Gasteiger partial charge in [0.25, 0.3) is 0 Å². The summed E-state index contributed by atoms with van der Waals surface area (Å²) < 4.78 is 8.26. The summed E-state index contributed by atoms with van der Waals surface area (Å²) in [5.74, 6) is 0.729. The van der Waals surface area contributed by atoms with Crippen molar-refractivity contribution in [3.63, 3.8) is 0 Å². The van der Waals surface area contributed by atoms with Crippen LogP contribution in [-0.2, 0) is 6.54 Å².